The van der Waals surface area contributed by atoms with Crippen LogP contribution in [0.2, 0.25) is 0 Å². The summed E-state index contributed by atoms with van der Waals surface area (Å²) in [6.45, 7) is 5.25. The summed E-state index contributed by atoms with van der Waals surface area (Å²) in [6.07, 6.45) is 1.77. The predicted molar refractivity (Wildman–Crippen MR) is 85.0 cm³/mol. The van der Waals surface area contributed by atoms with Crippen LogP contribution in [0.15, 0.2) is 40.9 Å². The number of ether oxygens (including phenoxy) is 1. The van der Waals surface area contributed by atoms with E-state index in [1.807, 2.05) is 31.2 Å². The Morgan fingerprint density at radius 3 is 2.77 bits per heavy atom. The molecule has 5 heteroatoms. The molecular formula is C17H17N3O2. The van der Waals surface area contributed by atoms with Crippen LogP contribution < -0.4 is 4.90 Å². The van der Waals surface area contributed by atoms with Crippen LogP contribution in [-0.4, -0.2) is 36.3 Å². The number of pyridine rings is 2. The first kappa shape index (κ1) is 13.3. The van der Waals surface area contributed by atoms with Gasteiger partial charge in [-0.15, -0.1) is 0 Å². The van der Waals surface area contributed by atoms with Crippen LogP contribution >= 0.6 is 0 Å². The summed E-state index contributed by atoms with van der Waals surface area (Å²) in [6, 6.07) is 9.84. The maximum atomic E-state index is 6.09. The summed E-state index contributed by atoms with van der Waals surface area (Å²) in [4.78, 5) is 11.2. The number of nitrogens with zero attached hydrogens (tertiary/aromatic N) is 3. The highest BCUT2D eigenvalue weighted by molar-refractivity contribution is 5.89. The molecule has 0 radical (unpaired) electrons. The van der Waals surface area contributed by atoms with Crippen LogP contribution in [0.3, 0.4) is 0 Å². The predicted octanol–water partition coefficient (Wildman–Crippen LogP) is 3.03. The summed E-state index contributed by atoms with van der Waals surface area (Å²) in [5.74, 6) is 0.753. The van der Waals surface area contributed by atoms with E-state index in [2.05, 4.69) is 20.9 Å². The molecule has 1 fully saturated rings. The van der Waals surface area contributed by atoms with Crippen molar-refractivity contribution < 1.29 is 9.15 Å². The average molecular weight is 295 g/mol. The summed E-state index contributed by atoms with van der Waals surface area (Å²) >= 11 is 0. The second kappa shape index (κ2) is 5.42. The molecule has 0 aromatic carbocycles. The quantitative estimate of drug-likeness (QED) is 0.727. The minimum Gasteiger partial charge on any atom is -0.451 e. The van der Waals surface area contributed by atoms with Crippen molar-refractivity contribution >= 4 is 16.8 Å². The van der Waals surface area contributed by atoms with Crippen LogP contribution in [0.1, 0.15) is 5.69 Å². The van der Waals surface area contributed by atoms with Gasteiger partial charge in [0.25, 0.3) is 0 Å². The lowest BCUT2D eigenvalue weighted by Crippen LogP contribution is -2.36. The van der Waals surface area contributed by atoms with Gasteiger partial charge in [-0.1, -0.05) is 6.07 Å². The Kier molecular flexibility index (Phi) is 3.27. The molecule has 0 N–H and O–H groups in total. The zero-order chi connectivity index (χ0) is 14.9. The van der Waals surface area contributed by atoms with E-state index in [1.165, 1.54) is 0 Å². The normalized spacial score (nSPS) is 15.4. The first-order valence-electron chi connectivity index (χ1n) is 7.46. The molecule has 0 atom stereocenters. The SMILES string of the molecule is Cc1cc(N2CCOCC2)c2oc(-c3ccccn3)cc2n1. The van der Waals surface area contributed by atoms with E-state index in [0.717, 1.165) is 60.2 Å². The van der Waals surface area contributed by atoms with Gasteiger partial charge in [-0.2, -0.15) is 0 Å². The zero-order valence-electron chi connectivity index (χ0n) is 12.5. The molecule has 0 unspecified atom stereocenters. The van der Waals surface area contributed by atoms with Crippen molar-refractivity contribution in [2.24, 2.45) is 0 Å². The Morgan fingerprint density at radius 1 is 1.14 bits per heavy atom. The Balaban J connectivity index is 1.84. The minimum atomic E-state index is 0.747. The molecular weight excluding hydrogens is 278 g/mol. The highest BCUT2D eigenvalue weighted by Crippen LogP contribution is 2.33. The fourth-order valence-electron chi connectivity index (χ4n) is 2.81. The van der Waals surface area contributed by atoms with E-state index in [1.54, 1.807) is 6.20 Å². The van der Waals surface area contributed by atoms with Gasteiger partial charge in [-0.3, -0.25) is 4.98 Å². The van der Waals surface area contributed by atoms with Crippen molar-refractivity contribution in [1.29, 1.82) is 0 Å². The number of fused-ring (bicyclic) bond motifs is 1. The molecule has 1 aliphatic heterocycles. The van der Waals surface area contributed by atoms with E-state index >= 15 is 0 Å². The fourth-order valence-corrected chi connectivity index (χ4v) is 2.81. The number of aromatic nitrogens is 2. The second-order valence-electron chi connectivity index (χ2n) is 5.42. The highest BCUT2D eigenvalue weighted by Gasteiger charge is 2.19. The van der Waals surface area contributed by atoms with Crippen molar-refractivity contribution in [2.75, 3.05) is 31.2 Å². The number of anilines is 1. The van der Waals surface area contributed by atoms with Crippen molar-refractivity contribution in [3.63, 3.8) is 0 Å². The number of hydrogen-bond donors (Lipinski definition) is 0. The van der Waals surface area contributed by atoms with Crippen molar-refractivity contribution in [1.82, 2.24) is 9.97 Å². The zero-order valence-corrected chi connectivity index (χ0v) is 12.5. The summed E-state index contributed by atoms with van der Waals surface area (Å²) in [5, 5.41) is 0. The maximum absolute atomic E-state index is 6.09. The number of rotatable bonds is 2. The monoisotopic (exact) mass is 295 g/mol. The molecule has 4 heterocycles. The molecule has 1 aliphatic rings. The van der Waals surface area contributed by atoms with E-state index in [-0.39, 0.29) is 0 Å². The lowest BCUT2D eigenvalue weighted by Gasteiger charge is -2.28. The van der Waals surface area contributed by atoms with Gasteiger partial charge in [0.15, 0.2) is 11.3 Å². The number of morpholine rings is 1. The molecule has 0 amide bonds. The third-order valence-corrected chi connectivity index (χ3v) is 3.86. The Labute approximate surface area is 128 Å². The molecule has 1 saturated heterocycles. The second-order valence-corrected chi connectivity index (χ2v) is 5.42. The molecule has 0 spiro atoms. The van der Waals surface area contributed by atoms with Gasteiger partial charge in [0.1, 0.15) is 11.2 Å². The van der Waals surface area contributed by atoms with Crippen molar-refractivity contribution in [3.05, 3.63) is 42.2 Å². The van der Waals surface area contributed by atoms with Crippen LogP contribution in [0.5, 0.6) is 0 Å². The summed E-state index contributed by atoms with van der Waals surface area (Å²) < 4.78 is 11.5. The Hall–Kier alpha value is -2.40. The smallest absolute Gasteiger partial charge is 0.176 e. The van der Waals surface area contributed by atoms with E-state index in [4.69, 9.17) is 9.15 Å². The molecule has 3 aromatic rings. The van der Waals surface area contributed by atoms with Crippen molar-refractivity contribution in [2.45, 2.75) is 6.92 Å². The average Bonchev–Trinajstić information content (AvgIpc) is 2.99. The van der Waals surface area contributed by atoms with Crippen LogP contribution in [0.4, 0.5) is 5.69 Å². The third-order valence-electron chi connectivity index (χ3n) is 3.86. The number of furan rings is 1. The van der Waals surface area contributed by atoms with Crippen LogP contribution in [-0.2, 0) is 4.74 Å². The van der Waals surface area contributed by atoms with Gasteiger partial charge in [0.05, 0.1) is 18.9 Å². The minimum absolute atomic E-state index is 0.747. The lowest BCUT2D eigenvalue weighted by molar-refractivity contribution is 0.122. The topological polar surface area (TPSA) is 51.4 Å². The van der Waals surface area contributed by atoms with E-state index in [9.17, 15) is 0 Å². The van der Waals surface area contributed by atoms with Gasteiger partial charge >= 0.3 is 0 Å². The van der Waals surface area contributed by atoms with Crippen LogP contribution in [0, 0.1) is 6.92 Å². The Bertz CT molecular complexity index is 792. The standard InChI is InChI=1S/C17H17N3O2/c1-12-10-15(20-6-8-21-9-7-20)17-14(19-12)11-16(22-17)13-4-2-3-5-18-13/h2-5,10-11H,6-9H2,1H3. The van der Waals surface area contributed by atoms with Gasteiger partial charge in [-0.05, 0) is 25.1 Å². The van der Waals surface area contributed by atoms with E-state index in [0.29, 0.717) is 0 Å². The highest BCUT2D eigenvalue weighted by atomic mass is 16.5. The summed E-state index contributed by atoms with van der Waals surface area (Å²) in [7, 11) is 0. The van der Waals surface area contributed by atoms with Gasteiger partial charge in [-0.25, -0.2) is 4.98 Å². The van der Waals surface area contributed by atoms with Gasteiger partial charge in [0, 0.05) is 31.0 Å². The fraction of sp³-hybridized carbons (Fsp3) is 0.294. The first-order chi connectivity index (χ1) is 10.8. The van der Waals surface area contributed by atoms with Crippen LogP contribution in [0.25, 0.3) is 22.6 Å². The van der Waals surface area contributed by atoms with Gasteiger partial charge in [0.2, 0.25) is 0 Å². The lowest BCUT2D eigenvalue weighted by atomic mass is 10.2. The number of aryl methyl sites for hydroxylation is 1. The largest absolute Gasteiger partial charge is 0.451 e. The molecule has 5 nitrogen and oxygen atoms in total. The molecule has 112 valence electrons. The Morgan fingerprint density at radius 2 is 2.00 bits per heavy atom. The number of hydrogen-bond acceptors (Lipinski definition) is 5. The van der Waals surface area contributed by atoms with Gasteiger partial charge < -0.3 is 14.1 Å². The third kappa shape index (κ3) is 2.33. The molecule has 22 heavy (non-hydrogen) atoms. The molecule has 0 saturated carbocycles. The molecule has 0 bridgehead atoms. The van der Waals surface area contributed by atoms with Crippen molar-refractivity contribution in [3.8, 4) is 11.5 Å². The molecule has 4 rings (SSSR count). The van der Waals surface area contributed by atoms with E-state index < -0.39 is 0 Å². The molecule has 0 aliphatic carbocycles. The summed E-state index contributed by atoms with van der Waals surface area (Å²) in [5.41, 5.74) is 4.61. The maximum Gasteiger partial charge on any atom is 0.176 e. The first-order valence-corrected chi connectivity index (χ1v) is 7.46. The molecule has 3 aromatic heterocycles.